The van der Waals surface area contributed by atoms with Crippen molar-refractivity contribution in [2.45, 2.75) is 13.5 Å². The summed E-state index contributed by atoms with van der Waals surface area (Å²) in [5, 5.41) is 18.3. The Bertz CT molecular complexity index is 1320. The molecule has 0 saturated carbocycles. The third-order valence-electron chi connectivity index (χ3n) is 4.51. The molecule has 2 heterocycles. The quantitative estimate of drug-likeness (QED) is 0.402. The number of rotatable bonds is 5. The lowest BCUT2D eigenvalue weighted by Gasteiger charge is -2.08. The van der Waals surface area contributed by atoms with Crippen LogP contribution in [0.15, 0.2) is 65.8 Å². The smallest absolute Gasteiger partial charge is 0.294 e. The molecular weight excluding hydrogens is 388 g/mol. The number of anilines is 1. The Labute approximate surface area is 169 Å². The normalized spacial score (nSPS) is 10.8. The molecule has 0 aliphatic rings. The van der Waals surface area contributed by atoms with Gasteiger partial charge in [0.25, 0.3) is 11.2 Å². The highest BCUT2D eigenvalue weighted by Gasteiger charge is 2.19. The van der Waals surface area contributed by atoms with E-state index in [4.69, 9.17) is 0 Å². The summed E-state index contributed by atoms with van der Waals surface area (Å²) in [5.41, 5.74) is 1.42. The van der Waals surface area contributed by atoms with Gasteiger partial charge in [0.05, 0.1) is 11.1 Å². The van der Waals surface area contributed by atoms with E-state index in [1.807, 2.05) is 19.1 Å². The maximum absolute atomic E-state index is 12.8. The molecule has 4 aromatic rings. The Hall–Kier alpha value is -4.34. The summed E-state index contributed by atoms with van der Waals surface area (Å²) in [7, 11) is 0. The molecule has 0 atom stereocenters. The monoisotopic (exact) mass is 404 g/mol. The number of aryl methyl sites for hydroxylation is 1. The Morgan fingerprint density at radius 3 is 2.63 bits per heavy atom. The first kappa shape index (κ1) is 19.0. The van der Waals surface area contributed by atoms with Crippen LogP contribution in [0.2, 0.25) is 0 Å². The topological polar surface area (TPSA) is 125 Å². The number of carbonyl (C=O) groups is 1. The number of nitrogens with zero attached hydrogens (tertiary/aromatic N) is 5. The molecule has 10 nitrogen and oxygen atoms in total. The van der Waals surface area contributed by atoms with E-state index < -0.39 is 10.5 Å². The maximum atomic E-state index is 12.8. The molecule has 0 fully saturated rings. The first-order valence-corrected chi connectivity index (χ1v) is 8.97. The van der Waals surface area contributed by atoms with Crippen LogP contribution < -0.4 is 10.9 Å². The Balaban J connectivity index is 1.65. The molecule has 150 valence electrons. The highest BCUT2D eigenvalue weighted by Crippen LogP contribution is 2.23. The minimum Gasteiger partial charge on any atom is -0.325 e. The lowest BCUT2D eigenvalue weighted by Crippen LogP contribution is -2.27. The van der Waals surface area contributed by atoms with E-state index in [2.05, 4.69) is 15.4 Å². The molecule has 4 rings (SSSR count). The van der Waals surface area contributed by atoms with Gasteiger partial charge in [-0.2, -0.15) is 5.10 Å². The summed E-state index contributed by atoms with van der Waals surface area (Å²) in [6.07, 6.45) is 2.52. The van der Waals surface area contributed by atoms with Crippen molar-refractivity contribution < 1.29 is 9.72 Å². The Kier molecular flexibility index (Phi) is 4.80. The number of para-hydroxylation sites is 2. The third kappa shape index (κ3) is 3.53. The molecule has 0 spiro atoms. The van der Waals surface area contributed by atoms with Crippen LogP contribution in [0, 0.1) is 17.0 Å². The molecule has 2 aromatic heterocycles. The Morgan fingerprint density at radius 2 is 1.90 bits per heavy atom. The van der Waals surface area contributed by atoms with E-state index in [1.165, 1.54) is 29.3 Å². The number of hydrogen-bond acceptors (Lipinski definition) is 6. The first-order valence-electron chi connectivity index (χ1n) is 8.97. The predicted molar refractivity (Wildman–Crippen MR) is 110 cm³/mol. The lowest BCUT2D eigenvalue weighted by atomic mass is 10.2. The van der Waals surface area contributed by atoms with E-state index in [-0.39, 0.29) is 34.9 Å². The molecule has 0 bridgehead atoms. The second kappa shape index (κ2) is 7.59. The molecule has 0 aliphatic carbocycles. The van der Waals surface area contributed by atoms with E-state index >= 15 is 0 Å². The zero-order valence-corrected chi connectivity index (χ0v) is 15.8. The number of nitro benzene ring substituents is 1. The number of benzene rings is 2. The molecular formula is C20H16N6O4. The summed E-state index contributed by atoms with van der Waals surface area (Å²) >= 11 is 0. The zero-order valence-electron chi connectivity index (χ0n) is 15.8. The van der Waals surface area contributed by atoms with Crippen molar-refractivity contribution in [3.05, 3.63) is 87.1 Å². The maximum Gasteiger partial charge on any atom is 0.294 e. The summed E-state index contributed by atoms with van der Waals surface area (Å²) in [5.74, 6) is -0.381. The van der Waals surface area contributed by atoms with E-state index in [1.54, 1.807) is 24.3 Å². The fourth-order valence-corrected chi connectivity index (χ4v) is 3.03. The molecule has 2 aromatic carbocycles. The Morgan fingerprint density at radius 1 is 1.17 bits per heavy atom. The number of aromatic nitrogens is 4. The molecule has 0 aliphatic heterocycles. The van der Waals surface area contributed by atoms with Crippen LogP contribution in [0.5, 0.6) is 0 Å². The average Bonchev–Trinajstić information content (AvgIpc) is 3.16. The van der Waals surface area contributed by atoms with Gasteiger partial charge in [-0.05, 0) is 25.1 Å². The minimum atomic E-state index is -0.528. The van der Waals surface area contributed by atoms with Crippen molar-refractivity contribution in [3.63, 3.8) is 0 Å². The molecule has 30 heavy (non-hydrogen) atoms. The van der Waals surface area contributed by atoms with Crippen molar-refractivity contribution in [3.8, 4) is 5.69 Å². The zero-order chi connectivity index (χ0) is 21.3. The highest BCUT2D eigenvalue weighted by atomic mass is 16.6. The number of nitro groups is 1. The molecule has 10 heteroatoms. The fourth-order valence-electron chi connectivity index (χ4n) is 3.03. The number of nitrogens with one attached hydrogen (secondary N) is 1. The van der Waals surface area contributed by atoms with Crippen molar-refractivity contribution in [1.82, 2.24) is 19.3 Å². The van der Waals surface area contributed by atoms with Gasteiger partial charge in [0.1, 0.15) is 23.9 Å². The third-order valence-corrected chi connectivity index (χ3v) is 4.51. The molecule has 0 unspecified atom stereocenters. The number of carbonyl (C=O) groups excluding carboxylic acids is 1. The predicted octanol–water partition coefficient (Wildman–Crippen LogP) is 2.44. The van der Waals surface area contributed by atoms with Crippen LogP contribution in [-0.2, 0) is 11.3 Å². The van der Waals surface area contributed by atoms with Gasteiger partial charge in [-0.3, -0.25) is 24.3 Å². The minimum absolute atomic E-state index is 0.152. The van der Waals surface area contributed by atoms with Crippen molar-refractivity contribution in [1.29, 1.82) is 0 Å². The largest absolute Gasteiger partial charge is 0.325 e. The molecule has 1 N–H and O–H groups in total. The van der Waals surface area contributed by atoms with Crippen LogP contribution in [0.4, 0.5) is 11.4 Å². The van der Waals surface area contributed by atoms with Crippen LogP contribution in [0.1, 0.15) is 5.56 Å². The summed E-state index contributed by atoms with van der Waals surface area (Å²) in [6.45, 7) is 1.71. The number of amides is 1. The summed E-state index contributed by atoms with van der Waals surface area (Å²) < 4.78 is 2.41. The van der Waals surface area contributed by atoms with Gasteiger partial charge in [0, 0.05) is 11.8 Å². The van der Waals surface area contributed by atoms with Gasteiger partial charge in [-0.1, -0.05) is 29.8 Å². The van der Waals surface area contributed by atoms with Crippen LogP contribution in [0.3, 0.4) is 0 Å². The van der Waals surface area contributed by atoms with Crippen molar-refractivity contribution >= 4 is 28.3 Å². The van der Waals surface area contributed by atoms with Gasteiger partial charge in [-0.25, -0.2) is 9.67 Å². The number of fused-ring (bicyclic) bond motifs is 1. The van der Waals surface area contributed by atoms with Crippen molar-refractivity contribution in [2.75, 3.05) is 5.32 Å². The second-order valence-corrected chi connectivity index (χ2v) is 6.63. The lowest BCUT2D eigenvalue weighted by molar-refractivity contribution is -0.384. The first-order chi connectivity index (χ1) is 14.4. The molecule has 0 saturated heterocycles. The highest BCUT2D eigenvalue weighted by molar-refractivity contribution is 5.90. The molecule has 1 amide bonds. The van der Waals surface area contributed by atoms with Gasteiger partial charge in [0.2, 0.25) is 5.91 Å². The van der Waals surface area contributed by atoms with Crippen LogP contribution in [-0.4, -0.2) is 30.2 Å². The van der Waals surface area contributed by atoms with E-state index in [0.717, 1.165) is 10.1 Å². The van der Waals surface area contributed by atoms with Crippen LogP contribution >= 0.6 is 0 Å². The number of hydrogen-bond donors (Lipinski definition) is 1. The van der Waals surface area contributed by atoms with Gasteiger partial charge in [0.15, 0.2) is 5.65 Å². The van der Waals surface area contributed by atoms with E-state index in [0.29, 0.717) is 5.69 Å². The average molecular weight is 404 g/mol. The van der Waals surface area contributed by atoms with Crippen LogP contribution in [0.25, 0.3) is 16.7 Å². The summed E-state index contributed by atoms with van der Waals surface area (Å²) in [6, 6.07) is 13.3. The van der Waals surface area contributed by atoms with Gasteiger partial charge in [-0.15, -0.1) is 0 Å². The standard InChI is InChI=1S/C20H16N6O4/c1-13-6-8-14(9-7-13)23-18(27)11-24-12-21-19-15(20(24)28)10-22-25(19)16-4-2-3-5-17(16)26(29)30/h2-10,12H,11H2,1H3,(H,23,27). The van der Waals surface area contributed by atoms with E-state index in [9.17, 15) is 19.7 Å². The fraction of sp³-hybridized carbons (Fsp3) is 0.100. The second-order valence-electron chi connectivity index (χ2n) is 6.63. The summed E-state index contributed by atoms with van der Waals surface area (Å²) in [4.78, 5) is 40.1. The van der Waals surface area contributed by atoms with Crippen molar-refractivity contribution in [2.24, 2.45) is 0 Å². The van der Waals surface area contributed by atoms with Gasteiger partial charge >= 0.3 is 0 Å². The van der Waals surface area contributed by atoms with Gasteiger partial charge < -0.3 is 5.32 Å². The molecule has 0 radical (unpaired) electrons. The SMILES string of the molecule is Cc1ccc(NC(=O)Cn2cnc3c(cnn3-c3ccccc3[N+](=O)[O-])c2=O)cc1.